The van der Waals surface area contributed by atoms with Crippen molar-refractivity contribution in [3.8, 4) is 0 Å². The zero-order chi connectivity index (χ0) is 17.4. The molecule has 0 aromatic heterocycles. The van der Waals surface area contributed by atoms with Gasteiger partial charge in [0.25, 0.3) is 0 Å². The molecule has 0 radical (unpaired) electrons. The summed E-state index contributed by atoms with van der Waals surface area (Å²) in [6.45, 7) is 6.20. The van der Waals surface area contributed by atoms with Crippen molar-refractivity contribution < 1.29 is 4.79 Å². The van der Waals surface area contributed by atoms with E-state index < -0.39 is 6.04 Å². The number of amides is 1. The van der Waals surface area contributed by atoms with Gasteiger partial charge in [0.1, 0.15) is 0 Å². The molecule has 1 fully saturated rings. The number of piperidine rings is 1. The second-order valence-corrected chi connectivity index (χ2v) is 7.82. The van der Waals surface area contributed by atoms with Crippen LogP contribution < -0.4 is 11.1 Å². The van der Waals surface area contributed by atoms with E-state index in [0.717, 1.165) is 24.6 Å². The fourth-order valence-corrected chi connectivity index (χ4v) is 3.52. The largest absolute Gasteiger partial charge is 0.351 e. The molecule has 134 valence electrons. The van der Waals surface area contributed by atoms with Gasteiger partial charge in [-0.3, -0.25) is 9.69 Å². The Morgan fingerprint density at radius 3 is 2.67 bits per heavy atom. The highest BCUT2D eigenvalue weighted by Gasteiger charge is 2.17. The van der Waals surface area contributed by atoms with E-state index in [1.54, 1.807) is 11.8 Å². The number of rotatable bonds is 8. The summed E-state index contributed by atoms with van der Waals surface area (Å²) in [5.41, 5.74) is 8.44. The van der Waals surface area contributed by atoms with Crippen LogP contribution in [0.5, 0.6) is 0 Å². The van der Waals surface area contributed by atoms with Crippen LogP contribution in [0.15, 0.2) is 24.3 Å². The van der Waals surface area contributed by atoms with Gasteiger partial charge >= 0.3 is 0 Å². The molecule has 1 atom stereocenters. The van der Waals surface area contributed by atoms with Crippen molar-refractivity contribution in [2.45, 2.75) is 45.3 Å². The zero-order valence-corrected chi connectivity index (χ0v) is 15.8. The molecule has 0 aliphatic carbocycles. The van der Waals surface area contributed by atoms with Gasteiger partial charge in [-0.2, -0.15) is 11.8 Å². The second-order valence-electron chi connectivity index (χ2n) is 6.83. The Hall–Kier alpha value is -1.04. The molecular weight excluding hydrogens is 318 g/mol. The average molecular weight is 350 g/mol. The lowest BCUT2D eigenvalue weighted by Gasteiger charge is -2.30. The summed E-state index contributed by atoms with van der Waals surface area (Å²) >= 11 is 1.72. The quantitative estimate of drug-likeness (QED) is 0.757. The first-order valence-corrected chi connectivity index (χ1v) is 10.3. The highest BCUT2D eigenvalue weighted by atomic mass is 32.2. The third-order valence-corrected chi connectivity index (χ3v) is 5.46. The van der Waals surface area contributed by atoms with Gasteiger partial charge in [-0.25, -0.2) is 0 Å². The first-order chi connectivity index (χ1) is 11.6. The minimum atomic E-state index is -0.409. The first-order valence-electron chi connectivity index (χ1n) is 8.91. The fourth-order valence-electron chi connectivity index (χ4n) is 3.03. The molecule has 1 saturated heterocycles. The number of thioether (sulfide) groups is 1. The minimum Gasteiger partial charge on any atom is -0.351 e. The van der Waals surface area contributed by atoms with E-state index in [4.69, 9.17) is 5.73 Å². The van der Waals surface area contributed by atoms with Crippen LogP contribution in [-0.4, -0.2) is 41.9 Å². The second kappa shape index (κ2) is 10.1. The molecule has 0 bridgehead atoms. The minimum absolute atomic E-state index is 0.0503. The molecule has 5 heteroatoms. The molecule has 0 spiro atoms. The van der Waals surface area contributed by atoms with Crippen LogP contribution >= 0.6 is 11.8 Å². The lowest BCUT2D eigenvalue weighted by molar-refractivity contribution is -0.122. The van der Waals surface area contributed by atoms with Gasteiger partial charge in [0.15, 0.2) is 0 Å². The van der Waals surface area contributed by atoms with Crippen LogP contribution in [0.25, 0.3) is 0 Å². The molecule has 1 heterocycles. The highest BCUT2D eigenvalue weighted by molar-refractivity contribution is 7.98. The van der Waals surface area contributed by atoms with E-state index in [2.05, 4.69) is 35.3 Å². The highest BCUT2D eigenvalue weighted by Crippen LogP contribution is 2.19. The molecule has 1 aromatic carbocycles. The summed E-state index contributed by atoms with van der Waals surface area (Å²) in [5.74, 6) is 1.71. The van der Waals surface area contributed by atoms with Crippen molar-refractivity contribution >= 4 is 17.7 Å². The van der Waals surface area contributed by atoms with Gasteiger partial charge in [-0.15, -0.1) is 0 Å². The number of carbonyl (C=O) groups excluding carboxylic acids is 1. The number of nitrogens with one attached hydrogen (secondary N) is 1. The summed E-state index contributed by atoms with van der Waals surface area (Å²) in [5, 5.41) is 3.00. The summed E-state index contributed by atoms with van der Waals surface area (Å²) in [6, 6.07) is 7.99. The number of nitrogens with two attached hydrogens (primary N) is 1. The Morgan fingerprint density at radius 2 is 2.00 bits per heavy atom. The Morgan fingerprint density at radius 1 is 1.33 bits per heavy atom. The maximum atomic E-state index is 12.1. The maximum Gasteiger partial charge on any atom is 0.237 e. The van der Waals surface area contributed by atoms with E-state index in [-0.39, 0.29) is 5.91 Å². The first kappa shape index (κ1) is 19.3. The van der Waals surface area contributed by atoms with Crippen LogP contribution in [-0.2, 0) is 17.9 Å². The summed E-state index contributed by atoms with van der Waals surface area (Å²) in [6.07, 6.45) is 5.31. The van der Waals surface area contributed by atoms with E-state index in [1.165, 1.54) is 37.1 Å². The molecule has 1 aromatic rings. The molecule has 24 heavy (non-hydrogen) atoms. The monoisotopic (exact) mass is 349 g/mol. The Balaban J connectivity index is 1.88. The van der Waals surface area contributed by atoms with E-state index in [9.17, 15) is 4.79 Å². The Labute approximate surface area is 150 Å². The number of hydrogen-bond donors (Lipinski definition) is 2. The van der Waals surface area contributed by atoms with Crippen LogP contribution in [0.4, 0.5) is 0 Å². The van der Waals surface area contributed by atoms with E-state index >= 15 is 0 Å². The number of likely N-dealkylation sites (tertiary alicyclic amines) is 1. The lowest BCUT2D eigenvalue weighted by atomic mass is 9.98. The molecule has 0 saturated carbocycles. The normalized spacial score (nSPS) is 17.6. The van der Waals surface area contributed by atoms with Crippen molar-refractivity contribution in [2.75, 3.05) is 25.1 Å². The van der Waals surface area contributed by atoms with Crippen LogP contribution in [0.1, 0.15) is 37.3 Å². The Kier molecular flexibility index (Phi) is 8.09. The van der Waals surface area contributed by atoms with E-state index in [0.29, 0.717) is 6.54 Å². The molecule has 4 nitrogen and oxygen atoms in total. The van der Waals surface area contributed by atoms with Crippen LogP contribution in [0, 0.1) is 5.92 Å². The maximum absolute atomic E-state index is 12.1. The molecule has 3 N–H and O–H groups in total. The lowest BCUT2D eigenvalue weighted by Crippen LogP contribution is -2.40. The third-order valence-electron chi connectivity index (χ3n) is 4.81. The van der Waals surface area contributed by atoms with Crippen LogP contribution in [0.2, 0.25) is 0 Å². The number of nitrogens with zero attached hydrogens (tertiary/aromatic N) is 1. The molecule has 1 aliphatic rings. The average Bonchev–Trinajstić information content (AvgIpc) is 2.60. The van der Waals surface area contributed by atoms with E-state index in [1.807, 2.05) is 12.3 Å². The van der Waals surface area contributed by atoms with Crippen molar-refractivity contribution in [1.29, 1.82) is 0 Å². The Bertz CT molecular complexity index is 515. The van der Waals surface area contributed by atoms with Gasteiger partial charge in [0.05, 0.1) is 6.04 Å². The smallest absolute Gasteiger partial charge is 0.237 e. The topological polar surface area (TPSA) is 58.4 Å². The van der Waals surface area contributed by atoms with Crippen molar-refractivity contribution in [3.63, 3.8) is 0 Å². The predicted octanol–water partition coefficient (Wildman–Crippen LogP) is 2.62. The van der Waals surface area contributed by atoms with Crippen molar-refractivity contribution in [1.82, 2.24) is 10.2 Å². The van der Waals surface area contributed by atoms with Crippen molar-refractivity contribution in [2.24, 2.45) is 11.7 Å². The standard InChI is InChI=1S/C19H31N3OS/c1-15-7-10-22(11-8-15)14-17-6-4-3-5-16(17)13-21-19(23)18(20)9-12-24-2/h3-6,15,18H,7-14,20H2,1-2H3,(H,21,23). The molecule has 1 amide bonds. The summed E-state index contributed by atoms with van der Waals surface area (Å²) < 4.78 is 0. The fraction of sp³-hybridized carbons (Fsp3) is 0.632. The molecule has 2 rings (SSSR count). The number of carbonyl (C=O) groups is 1. The van der Waals surface area contributed by atoms with Crippen molar-refractivity contribution in [3.05, 3.63) is 35.4 Å². The summed E-state index contributed by atoms with van der Waals surface area (Å²) in [7, 11) is 0. The predicted molar refractivity (Wildman–Crippen MR) is 103 cm³/mol. The number of hydrogen-bond acceptors (Lipinski definition) is 4. The summed E-state index contributed by atoms with van der Waals surface area (Å²) in [4.78, 5) is 14.6. The third kappa shape index (κ3) is 6.11. The van der Waals surface area contributed by atoms with Gasteiger partial charge in [-0.1, -0.05) is 31.2 Å². The SMILES string of the molecule is CSCCC(N)C(=O)NCc1ccccc1CN1CCC(C)CC1. The van der Waals surface area contributed by atoms with Gasteiger partial charge in [-0.05, 0) is 61.4 Å². The number of benzene rings is 1. The molecule has 1 aliphatic heterocycles. The molecule has 1 unspecified atom stereocenters. The zero-order valence-electron chi connectivity index (χ0n) is 15.0. The van der Waals surface area contributed by atoms with Crippen LogP contribution in [0.3, 0.4) is 0 Å². The van der Waals surface area contributed by atoms with Gasteiger partial charge < -0.3 is 11.1 Å². The van der Waals surface area contributed by atoms with Gasteiger partial charge in [0, 0.05) is 13.1 Å². The van der Waals surface area contributed by atoms with Gasteiger partial charge in [0.2, 0.25) is 5.91 Å². The molecular formula is C19H31N3OS.